The largest absolute Gasteiger partial charge is 0.412 e. The second kappa shape index (κ2) is 6.89. The van der Waals surface area contributed by atoms with Gasteiger partial charge in [0, 0.05) is 12.6 Å². The molecule has 0 saturated heterocycles. The summed E-state index contributed by atoms with van der Waals surface area (Å²) in [5.41, 5.74) is 0.947. The van der Waals surface area contributed by atoms with Gasteiger partial charge in [0.15, 0.2) is 6.20 Å². The molecule has 0 aliphatic rings. The van der Waals surface area contributed by atoms with Gasteiger partial charge in [-0.1, -0.05) is 19.4 Å². The van der Waals surface area contributed by atoms with Crippen molar-refractivity contribution in [1.82, 2.24) is 5.32 Å². The minimum atomic E-state index is -0.391. The summed E-state index contributed by atoms with van der Waals surface area (Å²) in [5, 5.41) is 3.83. The van der Waals surface area contributed by atoms with E-state index in [1.165, 1.54) is 0 Å². The van der Waals surface area contributed by atoms with Crippen LogP contribution in [0, 0.1) is 0 Å². The maximum atomic E-state index is 11.8. The molecular formula is C16H21N2O2+. The van der Waals surface area contributed by atoms with Crippen LogP contribution in [0.3, 0.4) is 0 Å². The second-order valence-electron chi connectivity index (χ2n) is 4.66. The first-order valence-corrected chi connectivity index (χ1v) is 7.13. The molecule has 4 heteroatoms. The number of aryl methyl sites for hydroxylation is 1. The fourth-order valence-corrected chi connectivity index (χ4v) is 2.16. The van der Waals surface area contributed by atoms with Crippen LogP contribution in [0.15, 0.2) is 36.5 Å². The van der Waals surface area contributed by atoms with Gasteiger partial charge >= 0.3 is 6.09 Å². The maximum Gasteiger partial charge on any atom is 0.412 e. The lowest BCUT2D eigenvalue weighted by atomic mass is 10.2. The molecule has 20 heavy (non-hydrogen) atoms. The van der Waals surface area contributed by atoms with E-state index in [1.807, 2.05) is 36.5 Å². The molecule has 0 aliphatic carbocycles. The molecule has 2 aromatic rings. The van der Waals surface area contributed by atoms with Crippen LogP contribution in [0.5, 0.6) is 5.75 Å². The predicted molar refractivity (Wildman–Crippen MR) is 78.8 cm³/mol. The number of aromatic nitrogens is 1. The van der Waals surface area contributed by atoms with Gasteiger partial charge in [-0.2, -0.15) is 4.57 Å². The Morgan fingerprint density at radius 1 is 1.25 bits per heavy atom. The van der Waals surface area contributed by atoms with Gasteiger partial charge in [0.2, 0.25) is 5.75 Å². The number of amides is 1. The van der Waals surface area contributed by atoms with Crippen LogP contribution in [0.25, 0.3) is 10.9 Å². The molecule has 0 unspecified atom stereocenters. The average molecular weight is 273 g/mol. The maximum absolute atomic E-state index is 11.8. The normalized spacial score (nSPS) is 10.5. The van der Waals surface area contributed by atoms with Crippen LogP contribution in [0.1, 0.15) is 26.7 Å². The summed E-state index contributed by atoms with van der Waals surface area (Å²) < 4.78 is 7.52. The van der Waals surface area contributed by atoms with E-state index in [2.05, 4.69) is 23.7 Å². The number of rotatable bonds is 5. The summed E-state index contributed by atoms with van der Waals surface area (Å²) in [7, 11) is 0. The number of fused-ring (bicyclic) bond motifs is 1. The third kappa shape index (κ3) is 3.26. The smallest absolute Gasteiger partial charge is 0.403 e. The van der Waals surface area contributed by atoms with E-state index in [9.17, 15) is 4.79 Å². The quantitative estimate of drug-likeness (QED) is 0.672. The molecule has 1 aromatic heterocycles. The lowest BCUT2D eigenvalue weighted by Crippen LogP contribution is -2.34. The summed E-state index contributed by atoms with van der Waals surface area (Å²) in [5.74, 6) is 0.596. The summed E-state index contributed by atoms with van der Waals surface area (Å²) in [6.45, 7) is 5.63. The van der Waals surface area contributed by atoms with Gasteiger partial charge in [0.1, 0.15) is 6.54 Å². The fourth-order valence-electron chi connectivity index (χ4n) is 2.16. The summed E-state index contributed by atoms with van der Waals surface area (Å²) in [6.07, 6.45) is 3.60. The van der Waals surface area contributed by atoms with Crippen molar-refractivity contribution in [3.63, 3.8) is 0 Å². The average Bonchev–Trinajstić information content (AvgIpc) is 2.47. The van der Waals surface area contributed by atoms with Crippen LogP contribution >= 0.6 is 0 Å². The zero-order chi connectivity index (χ0) is 14.4. The van der Waals surface area contributed by atoms with Crippen molar-refractivity contribution in [2.45, 2.75) is 33.2 Å². The van der Waals surface area contributed by atoms with Crippen molar-refractivity contribution in [2.75, 3.05) is 6.54 Å². The molecule has 0 bridgehead atoms. The second-order valence-corrected chi connectivity index (χ2v) is 4.66. The number of para-hydroxylation sites is 1. The number of hydrogen-bond acceptors (Lipinski definition) is 2. The zero-order valence-corrected chi connectivity index (χ0v) is 12.1. The molecule has 1 N–H and O–H groups in total. The molecule has 1 heterocycles. The van der Waals surface area contributed by atoms with Gasteiger partial charge in [-0.3, -0.25) is 0 Å². The highest BCUT2D eigenvalue weighted by Crippen LogP contribution is 2.22. The molecule has 1 aromatic carbocycles. The van der Waals surface area contributed by atoms with Crippen molar-refractivity contribution in [3.05, 3.63) is 36.5 Å². The van der Waals surface area contributed by atoms with E-state index in [0.717, 1.165) is 30.3 Å². The Morgan fingerprint density at radius 2 is 2.05 bits per heavy atom. The predicted octanol–water partition coefficient (Wildman–Crippen LogP) is 3.04. The van der Waals surface area contributed by atoms with Gasteiger partial charge in [-0.15, -0.1) is 0 Å². The molecule has 0 saturated carbocycles. The van der Waals surface area contributed by atoms with Crippen LogP contribution < -0.4 is 14.6 Å². The van der Waals surface area contributed by atoms with Gasteiger partial charge in [0.05, 0.1) is 5.39 Å². The first-order valence-electron chi connectivity index (χ1n) is 7.13. The van der Waals surface area contributed by atoms with Gasteiger partial charge in [0.25, 0.3) is 5.52 Å². The van der Waals surface area contributed by atoms with Crippen molar-refractivity contribution in [1.29, 1.82) is 0 Å². The molecule has 4 nitrogen and oxygen atoms in total. The standard InChI is InChI=1S/C16H20N2O2/c1-3-5-11-17-16(19)20-14-10-6-8-13-9-7-12-18(4-2)15(13)14/h6-10,12H,3-5,11H2,1-2H3/p+1. The number of pyridine rings is 1. The molecule has 0 atom stereocenters. The SMILES string of the molecule is CCCCNC(=O)Oc1cccc2ccc[n+](CC)c12. The minimum Gasteiger partial charge on any atom is -0.403 e. The van der Waals surface area contributed by atoms with E-state index < -0.39 is 6.09 Å². The van der Waals surface area contributed by atoms with Crippen molar-refractivity contribution in [2.24, 2.45) is 0 Å². The number of unbranched alkanes of at least 4 members (excludes halogenated alkanes) is 1. The lowest BCUT2D eigenvalue weighted by Gasteiger charge is -2.07. The van der Waals surface area contributed by atoms with E-state index in [-0.39, 0.29) is 0 Å². The van der Waals surface area contributed by atoms with Crippen molar-refractivity contribution < 1.29 is 14.1 Å². The third-order valence-electron chi connectivity index (χ3n) is 3.20. The Hall–Kier alpha value is -2.10. The van der Waals surface area contributed by atoms with Crippen LogP contribution in [-0.4, -0.2) is 12.6 Å². The number of ether oxygens (including phenoxy) is 1. The lowest BCUT2D eigenvalue weighted by molar-refractivity contribution is -0.667. The number of carbonyl (C=O) groups excluding carboxylic acids is 1. The summed E-state index contributed by atoms with van der Waals surface area (Å²) in [4.78, 5) is 11.8. The monoisotopic (exact) mass is 273 g/mol. The molecule has 0 radical (unpaired) electrons. The van der Waals surface area contributed by atoms with Crippen molar-refractivity contribution in [3.8, 4) is 5.75 Å². The van der Waals surface area contributed by atoms with Gasteiger partial charge < -0.3 is 10.1 Å². The van der Waals surface area contributed by atoms with E-state index in [4.69, 9.17) is 4.74 Å². The highest BCUT2D eigenvalue weighted by Gasteiger charge is 2.15. The molecule has 0 spiro atoms. The van der Waals surface area contributed by atoms with Crippen LogP contribution in [0.2, 0.25) is 0 Å². The highest BCUT2D eigenvalue weighted by atomic mass is 16.6. The molecule has 2 rings (SSSR count). The highest BCUT2D eigenvalue weighted by molar-refractivity contribution is 5.84. The van der Waals surface area contributed by atoms with E-state index in [1.54, 1.807) is 0 Å². The van der Waals surface area contributed by atoms with Gasteiger partial charge in [-0.05, 0) is 31.5 Å². The molecule has 0 aliphatic heterocycles. The Labute approximate surface area is 119 Å². The third-order valence-corrected chi connectivity index (χ3v) is 3.20. The van der Waals surface area contributed by atoms with Crippen molar-refractivity contribution >= 4 is 17.0 Å². The molecule has 106 valence electrons. The molecule has 0 fully saturated rings. The van der Waals surface area contributed by atoms with E-state index >= 15 is 0 Å². The zero-order valence-electron chi connectivity index (χ0n) is 12.1. The fraction of sp³-hybridized carbons (Fsp3) is 0.375. The molecular weight excluding hydrogens is 252 g/mol. The van der Waals surface area contributed by atoms with Gasteiger partial charge in [-0.25, -0.2) is 4.79 Å². The first-order chi connectivity index (χ1) is 9.76. The Bertz CT molecular complexity index is 591. The van der Waals surface area contributed by atoms with E-state index in [0.29, 0.717) is 12.3 Å². The Morgan fingerprint density at radius 3 is 2.80 bits per heavy atom. The number of carbonyl (C=O) groups is 1. The van der Waals surface area contributed by atoms with Crippen LogP contribution in [-0.2, 0) is 6.54 Å². The Kier molecular flexibility index (Phi) is 4.93. The number of hydrogen-bond donors (Lipinski definition) is 1. The summed E-state index contributed by atoms with van der Waals surface area (Å²) in [6, 6.07) is 9.76. The Balaban J connectivity index is 2.23. The number of nitrogens with zero attached hydrogens (tertiary/aromatic N) is 1. The first kappa shape index (κ1) is 14.3. The minimum absolute atomic E-state index is 0.391. The number of benzene rings is 1. The van der Waals surface area contributed by atoms with Crippen LogP contribution in [0.4, 0.5) is 4.79 Å². The number of nitrogens with one attached hydrogen (secondary N) is 1. The topological polar surface area (TPSA) is 42.2 Å². The molecule has 1 amide bonds. The summed E-state index contributed by atoms with van der Waals surface area (Å²) >= 11 is 0.